The molecule has 166 valence electrons. The van der Waals surface area contributed by atoms with E-state index in [1.165, 1.54) is 6.07 Å². The number of carbonyl (C=O) groups is 1. The van der Waals surface area contributed by atoms with Crippen LogP contribution >= 0.6 is 0 Å². The van der Waals surface area contributed by atoms with Gasteiger partial charge in [0.25, 0.3) is 5.69 Å². The van der Waals surface area contributed by atoms with Crippen LogP contribution in [-0.2, 0) is 0 Å². The van der Waals surface area contributed by atoms with Crippen molar-refractivity contribution >= 4 is 17.3 Å². The van der Waals surface area contributed by atoms with Gasteiger partial charge >= 0.3 is 5.97 Å². The summed E-state index contributed by atoms with van der Waals surface area (Å²) in [5.74, 6) is 0.301. The minimum absolute atomic E-state index is 0.0878. The Morgan fingerprint density at radius 3 is 2.21 bits per heavy atom. The standard InChI is InChI=1S/C26H23N3O4/c1-18-12-14-28(15-13-18)24-11-8-22(16-25(24)29(31)32)26(30)33-23-9-6-21(7-10-23)20-4-2-19(17-27)3-5-20/h2-11,16,18H,12-15H2,1H3. The number of anilines is 1. The molecular weight excluding hydrogens is 418 g/mol. The number of nitriles is 1. The van der Waals surface area contributed by atoms with Crippen LogP contribution < -0.4 is 9.64 Å². The van der Waals surface area contributed by atoms with Gasteiger partial charge < -0.3 is 9.64 Å². The Labute approximate surface area is 192 Å². The molecule has 0 bridgehead atoms. The molecule has 1 fully saturated rings. The number of nitro groups is 1. The predicted molar refractivity (Wildman–Crippen MR) is 125 cm³/mol. The molecule has 1 saturated heterocycles. The summed E-state index contributed by atoms with van der Waals surface area (Å²) in [6, 6.07) is 20.7. The van der Waals surface area contributed by atoms with E-state index >= 15 is 0 Å². The molecule has 0 amide bonds. The molecule has 7 nitrogen and oxygen atoms in total. The number of nitrogens with zero attached hydrogens (tertiary/aromatic N) is 3. The minimum Gasteiger partial charge on any atom is -0.423 e. The summed E-state index contributed by atoms with van der Waals surface area (Å²) in [4.78, 5) is 25.9. The summed E-state index contributed by atoms with van der Waals surface area (Å²) < 4.78 is 5.44. The molecule has 4 rings (SSSR count). The number of nitro benzene ring substituents is 1. The van der Waals surface area contributed by atoms with Crippen molar-refractivity contribution in [1.82, 2.24) is 0 Å². The van der Waals surface area contributed by atoms with Crippen LogP contribution in [0.15, 0.2) is 66.7 Å². The van der Waals surface area contributed by atoms with Crippen LogP contribution in [0.5, 0.6) is 5.75 Å². The van der Waals surface area contributed by atoms with Crippen molar-refractivity contribution < 1.29 is 14.5 Å². The fraction of sp³-hybridized carbons (Fsp3) is 0.231. The van der Waals surface area contributed by atoms with Crippen molar-refractivity contribution in [2.45, 2.75) is 19.8 Å². The van der Waals surface area contributed by atoms with Crippen molar-refractivity contribution in [1.29, 1.82) is 5.26 Å². The molecule has 0 N–H and O–H groups in total. The average molecular weight is 441 g/mol. The Balaban J connectivity index is 1.49. The maximum atomic E-state index is 12.7. The van der Waals surface area contributed by atoms with Gasteiger partial charge in [-0.3, -0.25) is 10.1 Å². The number of esters is 1. The topological polar surface area (TPSA) is 96.5 Å². The summed E-state index contributed by atoms with van der Waals surface area (Å²) in [6.07, 6.45) is 1.97. The molecule has 1 aliphatic rings. The van der Waals surface area contributed by atoms with E-state index in [2.05, 4.69) is 13.0 Å². The predicted octanol–water partition coefficient (Wildman–Crippen LogP) is 5.59. The number of benzene rings is 3. The lowest BCUT2D eigenvalue weighted by Gasteiger charge is -2.31. The van der Waals surface area contributed by atoms with E-state index < -0.39 is 10.9 Å². The van der Waals surface area contributed by atoms with E-state index in [0.717, 1.165) is 37.1 Å². The third-order valence-electron chi connectivity index (χ3n) is 5.94. The average Bonchev–Trinajstić information content (AvgIpc) is 2.84. The molecule has 0 saturated carbocycles. The second-order valence-corrected chi connectivity index (χ2v) is 8.23. The SMILES string of the molecule is CC1CCN(c2ccc(C(=O)Oc3ccc(-c4ccc(C#N)cc4)cc3)cc2[N+](=O)[O-])CC1. The molecule has 0 radical (unpaired) electrons. The summed E-state index contributed by atoms with van der Waals surface area (Å²) >= 11 is 0. The largest absolute Gasteiger partial charge is 0.423 e. The maximum absolute atomic E-state index is 12.7. The number of hydrogen-bond acceptors (Lipinski definition) is 6. The van der Waals surface area contributed by atoms with E-state index in [4.69, 9.17) is 10.00 Å². The molecule has 33 heavy (non-hydrogen) atoms. The van der Waals surface area contributed by atoms with Gasteiger partial charge in [-0.15, -0.1) is 0 Å². The van der Waals surface area contributed by atoms with Gasteiger partial charge in [0, 0.05) is 19.2 Å². The fourth-order valence-corrected chi connectivity index (χ4v) is 3.93. The number of rotatable bonds is 5. The van der Waals surface area contributed by atoms with Crippen LogP contribution in [0.1, 0.15) is 35.7 Å². The lowest BCUT2D eigenvalue weighted by Crippen LogP contribution is -2.33. The number of carbonyl (C=O) groups excluding carboxylic acids is 1. The molecule has 1 heterocycles. The zero-order valence-electron chi connectivity index (χ0n) is 18.2. The molecule has 3 aromatic carbocycles. The maximum Gasteiger partial charge on any atom is 0.343 e. The van der Waals surface area contributed by atoms with Gasteiger partial charge in [-0.2, -0.15) is 5.26 Å². The lowest BCUT2D eigenvalue weighted by atomic mass is 9.98. The van der Waals surface area contributed by atoms with Crippen LogP contribution in [0, 0.1) is 27.4 Å². The van der Waals surface area contributed by atoms with Crippen molar-refractivity contribution in [2.75, 3.05) is 18.0 Å². The molecule has 0 spiro atoms. The summed E-state index contributed by atoms with van der Waals surface area (Å²) in [5.41, 5.74) is 3.01. The number of ether oxygens (including phenoxy) is 1. The monoisotopic (exact) mass is 441 g/mol. The quantitative estimate of drug-likeness (QED) is 0.222. The number of hydrogen-bond donors (Lipinski definition) is 0. The van der Waals surface area contributed by atoms with Crippen molar-refractivity contribution in [3.05, 3.63) is 88.0 Å². The van der Waals surface area contributed by atoms with Gasteiger partial charge in [-0.05, 0) is 66.3 Å². The normalized spacial score (nSPS) is 13.9. The van der Waals surface area contributed by atoms with E-state index in [1.807, 2.05) is 29.2 Å². The van der Waals surface area contributed by atoms with Gasteiger partial charge in [0.2, 0.25) is 0 Å². The summed E-state index contributed by atoms with van der Waals surface area (Å²) in [6.45, 7) is 3.70. The molecule has 0 aromatic heterocycles. The minimum atomic E-state index is -0.650. The fourth-order valence-electron chi connectivity index (χ4n) is 3.93. The highest BCUT2D eigenvalue weighted by Crippen LogP contribution is 2.33. The number of piperidine rings is 1. The first-order valence-electron chi connectivity index (χ1n) is 10.8. The highest BCUT2D eigenvalue weighted by molar-refractivity contribution is 5.93. The molecule has 1 aliphatic heterocycles. The van der Waals surface area contributed by atoms with E-state index in [-0.39, 0.29) is 11.3 Å². The van der Waals surface area contributed by atoms with Crippen LogP contribution in [0.2, 0.25) is 0 Å². The van der Waals surface area contributed by atoms with E-state index in [1.54, 1.807) is 36.4 Å². The van der Waals surface area contributed by atoms with E-state index in [0.29, 0.717) is 22.9 Å². The Morgan fingerprint density at radius 2 is 1.64 bits per heavy atom. The zero-order valence-corrected chi connectivity index (χ0v) is 18.2. The van der Waals surface area contributed by atoms with Gasteiger partial charge in [-0.25, -0.2) is 4.79 Å². The molecule has 0 unspecified atom stereocenters. The van der Waals surface area contributed by atoms with Gasteiger partial charge in [0.05, 0.1) is 22.1 Å². The van der Waals surface area contributed by atoms with Crippen molar-refractivity contribution in [2.24, 2.45) is 5.92 Å². The second-order valence-electron chi connectivity index (χ2n) is 8.23. The molecule has 0 atom stereocenters. The van der Waals surface area contributed by atoms with Crippen LogP contribution in [-0.4, -0.2) is 24.0 Å². The van der Waals surface area contributed by atoms with Gasteiger partial charge in [0.15, 0.2) is 0 Å². The van der Waals surface area contributed by atoms with Crippen molar-refractivity contribution in [3.63, 3.8) is 0 Å². The third-order valence-corrected chi connectivity index (χ3v) is 5.94. The van der Waals surface area contributed by atoms with Crippen LogP contribution in [0.4, 0.5) is 11.4 Å². The van der Waals surface area contributed by atoms with Crippen LogP contribution in [0.3, 0.4) is 0 Å². The van der Waals surface area contributed by atoms with Gasteiger partial charge in [-0.1, -0.05) is 31.2 Å². The third kappa shape index (κ3) is 5.01. The first-order valence-corrected chi connectivity index (χ1v) is 10.8. The smallest absolute Gasteiger partial charge is 0.343 e. The first-order chi connectivity index (χ1) is 15.9. The molecule has 3 aromatic rings. The lowest BCUT2D eigenvalue weighted by molar-refractivity contribution is -0.384. The Bertz CT molecular complexity index is 1210. The highest BCUT2D eigenvalue weighted by atomic mass is 16.6. The molecular formula is C26H23N3O4. The Morgan fingerprint density at radius 1 is 1.03 bits per heavy atom. The molecule has 0 aliphatic carbocycles. The summed E-state index contributed by atoms with van der Waals surface area (Å²) in [7, 11) is 0. The van der Waals surface area contributed by atoms with E-state index in [9.17, 15) is 14.9 Å². The first kappa shape index (κ1) is 22.0. The zero-order chi connectivity index (χ0) is 23.4. The Kier molecular flexibility index (Phi) is 6.36. The summed E-state index contributed by atoms with van der Waals surface area (Å²) in [5, 5.41) is 20.6. The van der Waals surface area contributed by atoms with Gasteiger partial charge in [0.1, 0.15) is 11.4 Å². The van der Waals surface area contributed by atoms with Crippen molar-refractivity contribution in [3.8, 4) is 22.9 Å². The second kappa shape index (κ2) is 9.53. The molecule has 7 heteroatoms. The van der Waals surface area contributed by atoms with Crippen LogP contribution in [0.25, 0.3) is 11.1 Å². The highest BCUT2D eigenvalue weighted by Gasteiger charge is 2.25. The Hall–Kier alpha value is -4.18.